The molecule has 3 aromatic rings. The predicted molar refractivity (Wildman–Crippen MR) is 128 cm³/mol. The number of ketones is 1. The van der Waals surface area contributed by atoms with Gasteiger partial charge in [-0.3, -0.25) is 4.79 Å². The van der Waals surface area contributed by atoms with Crippen molar-refractivity contribution in [2.75, 3.05) is 45.2 Å². The molecule has 3 aromatic carbocycles. The van der Waals surface area contributed by atoms with Gasteiger partial charge >= 0.3 is 0 Å². The van der Waals surface area contributed by atoms with Crippen LogP contribution in [-0.4, -0.2) is 51.0 Å². The number of nitrogens with zero attached hydrogens (tertiary/aromatic N) is 2. The van der Waals surface area contributed by atoms with Crippen LogP contribution in [0.5, 0.6) is 5.75 Å². The van der Waals surface area contributed by atoms with Gasteiger partial charge in [-0.25, -0.2) is 4.39 Å². The van der Waals surface area contributed by atoms with E-state index in [0.29, 0.717) is 16.9 Å². The highest BCUT2D eigenvalue weighted by Crippen LogP contribution is 2.29. The molecule has 5 heteroatoms. The molecule has 4 nitrogen and oxygen atoms in total. The van der Waals surface area contributed by atoms with E-state index >= 15 is 0 Å². The summed E-state index contributed by atoms with van der Waals surface area (Å²) in [6.45, 7) is 3.81. The van der Waals surface area contributed by atoms with Crippen LogP contribution < -0.4 is 9.64 Å². The van der Waals surface area contributed by atoms with Crippen LogP contribution in [0.25, 0.3) is 17.2 Å². The number of halogens is 1. The van der Waals surface area contributed by atoms with Crippen molar-refractivity contribution >= 4 is 17.5 Å². The predicted octanol–water partition coefficient (Wildman–Crippen LogP) is 5.15. The summed E-state index contributed by atoms with van der Waals surface area (Å²) in [5.41, 5.74) is 3.83. The second-order valence-electron chi connectivity index (χ2n) is 7.97. The molecule has 1 fully saturated rings. The van der Waals surface area contributed by atoms with Crippen LogP contribution >= 0.6 is 0 Å². The smallest absolute Gasteiger partial charge is 0.186 e. The summed E-state index contributed by atoms with van der Waals surface area (Å²) in [4.78, 5) is 17.9. The second-order valence-corrected chi connectivity index (χ2v) is 7.97. The fourth-order valence-electron chi connectivity index (χ4n) is 3.89. The van der Waals surface area contributed by atoms with Crippen molar-refractivity contribution in [1.29, 1.82) is 0 Å². The molecule has 32 heavy (non-hydrogen) atoms. The molecule has 0 unspecified atom stereocenters. The zero-order valence-electron chi connectivity index (χ0n) is 18.4. The summed E-state index contributed by atoms with van der Waals surface area (Å²) in [6.07, 6.45) is 2.97. The lowest BCUT2D eigenvalue weighted by atomic mass is 9.95. The maximum Gasteiger partial charge on any atom is 0.186 e. The Labute approximate surface area is 188 Å². The van der Waals surface area contributed by atoms with Gasteiger partial charge in [0.2, 0.25) is 0 Å². The Balaban J connectivity index is 1.68. The average molecular weight is 431 g/mol. The number of hydrogen-bond acceptors (Lipinski definition) is 4. The summed E-state index contributed by atoms with van der Waals surface area (Å²) in [5, 5.41) is 0. The molecule has 164 valence electrons. The summed E-state index contributed by atoms with van der Waals surface area (Å²) >= 11 is 0. The van der Waals surface area contributed by atoms with Crippen LogP contribution in [0.1, 0.15) is 15.9 Å². The van der Waals surface area contributed by atoms with Gasteiger partial charge in [-0.1, -0.05) is 36.4 Å². The van der Waals surface area contributed by atoms with Crippen LogP contribution in [0.4, 0.5) is 10.1 Å². The van der Waals surface area contributed by atoms with Gasteiger partial charge in [-0.05, 0) is 54.6 Å². The van der Waals surface area contributed by atoms with E-state index < -0.39 is 5.82 Å². The lowest BCUT2D eigenvalue weighted by Gasteiger charge is -2.34. The largest absolute Gasteiger partial charge is 0.497 e. The van der Waals surface area contributed by atoms with E-state index in [2.05, 4.69) is 22.9 Å². The molecule has 0 spiro atoms. The molecule has 0 atom stereocenters. The number of rotatable bonds is 6. The van der Waals surface area contributed by atoms with Gasteiger partial charge in [-0.2, -0.15) is 0 Å². The molecular weight excluding hydrogens is 403 g/mol. The minimum atomic E-state index is -0.428. The lowest BCUT2D eigenvalue weighted by molar-refractivity contribution is 0.104. The summed E-state index contributed by atoms with van der Waals surface area (Å²) in [6, 6.07) is 20.5. The zero-order valence-corrected chi connectivity index (χ0v) is 18.4. The molecule has 0 radical (unpaired) electrons. The summed E-state index contributed by atoms with van der Waals surface area (Å²) < 4.78 is 19.4. The Hall–Kier alpha value is -3.44. The number of ether oxygens (including phenoxy) is 1. The Bertz CT molecular complexity index is 1120. The van der Waals surface area contributed by atoms with Crippen molar-refractivity contribution in [2.24, 2.45) is 0 Å². The molecule has 0 saturated carbocycles. The number of anilines is 1. The third-order valence-corrected chi connectivity index (χ3v) is 5.84. The molecule has 0 amide bonds. The molecule has 1 aliphatic rings. The molecule has 1 heterocycles. The first-order valence-corrected chi connectivity index (χ1v) is 10.7. The number of methoxy groups -OCH3 is 1. The van der Waals surface area contributed by atoms with E-state index in [9.17, 15) is 9.18 Å². The van der Waals surface area contributed by atoms with Crippen molar-refractivity contribution in [3.05, 3.63) is 89.8 Å². The summed E-state index contributed by atoms with van der Waals surface area (Å²) in [5.74, 6) is -0.143. The van der Waals surface area contributed by atoms with E-state index in [0.717, 1.165) is 43.0 Å². The van der Waals surface area contributed by atoms with Crippen LogP contribution in [-0.2, 0) is 0 Å². The molecule has 0 aliphatic carbocycles. The van der Waals surface area contributed by atoms with Crippen molar-refractivity contribution in [2.45, 2.75) is 0 Å². The van der Waals surface area contributed by atoms with Crippen LogP contribution in [0.2, 0.25) is 0 Å². The second kappa shape index (κ2) is 9.79. The molecular formula is C27H27FN2O2. The van der Waals surface area contributed by atoms with Crippen LogP contribution in [0.3, 0.4) is 0 Å². The van der Waals surface area contributed by atoms with Crippen molar-refractivity contribution < 1.29 is 13.9 Å². The first-order valence-electron chi connectivity index (χ1n) is 10.7. The van der Waals surface area contributed by atoms with Gasteiger partial charge in [0.1, 0.15) is 11.6 Å². The van der Waals surface area contributed by atoms with E-state index in [1.165, 1.54) is 25.3 Å². The molecule has 1 aliphatic heterocycles. The third kappa shape index (κ3) is 4.89. The molecule has 4 rings (SSSR count). The summed E-state index contributed by atoms with van der Waals surface area (Å²) in [7, 11) is 3.61. The van der Waals surface area contributed by atoms with Gasteiger partial charge in [-0.15, -0.1) is 0 Å². The maximum absolute atomic E-state index is 14.3. The highest BCUT2D eigenvalue weighted by molar-refractivity contribution is 6.11. The normalized spacial score (nSPS) is 14.7. The zero-order chi connectivity index (χ0) is 22.5. The Morgan fingerprint density at radius 1 is 0.969 bits per heavy atom. The van der Waals surface area contributed by atoms with Crippen molar-refractivity contribution in [3.8, 4) is 16.9 Å². The highest BCUT2D eigenvalue weighted by Gasteiger charge is 2.18. The minimum absolute atomic E-state index is 0.157. The van der Waals surface area contributed by atoms with Gasteiger partial charge in [0.05, 0.1) is 7.11 Å². The fourth-order valence-corrected chi connectivity index (χ4v) is 3.89. The number of likely N-dealkylation sites (N-methyl/N-ethyl adjacent to an activating group) is 1. The van der Waals surface area contributed by atoms with Gasteiger partial charge in [0.15, 0.2) is 5.78 Å². The van der Waals surface area contributed by atoms with Gasteiger partial charge in [0, 0.05) is 49.1 Å². The Kier molecular flexibility index (Phi) is 6.66. The maximum atomic E-state index is 14.3. The minimum Gasteiger partial charge on any atom is -0.497 e. The number of benzene rings is 3. The van der Waals surface area contributed by atoms with Crippen LogP contribution in [0.15, 0.2) is 72.8 Å². The number of carbonyl (C=O) groups excluding carboxylic acids is 1. The quantitative estimate of drug-likeness (QED) is 0.400. The lowest BCUT2D eigenvalue weighted by Crippen LogP contribution is -2.44. The molecule has 0 N–H and O–H groups in total. The third-order valence-electron chi connectivity index (χ3n) is 5.84. The average Bonchev–Trinajstić information content (AvgIpc) is 2.83. The van der Waals surface area contributed by atoms with Gasteiger partial charge in [0.25, 0.3) is 0 Å². The van der Waals surface area contributed by atoms with Crippen LogP contribution in [0, 0.1) is 5.82 Å². The van der Waals surface area contributed by atoms with Gasteiger partial charge < -0.3 is 14.5 Å². The van der Waals surface area contributed by atoms with Crippen molar-refractivity contribution in [3.63, 3.8) is 0 Å². The number of piperazine rings is 1. The SMILES string of the molecule is COc1ccc(C=CC(=O)c2cc(N3CCN(C)CC3)ccc2-c2ccccc2)c(F)c1. The van der Waals surface area contributed by atoms with Crippen molar-refractivity contribution in [1.82, 2.24) is 4.90 Å². The molecule has 1 saturated heterocycles. The highest BCUT2D eigenvalue weighted by atomic mass is 19.1. The number of carbonyl (C=O) groups is 1. The number of hydrogen-bond donors (Lipinski definition) is 0. The first-order chi connectivity index (χ1) is 15.5. The topological polar surface area (TPSA) is 32.8 Å². The Morgan fingerprint density at radius 3 is 2.41 bits per heavy atom. The van der Waals surface area contributed by atoms with E-state index in [-0.39, 0.29) is 5.78 Å². The fraction of sp³-hybridized carbons (Fsp3) is 0.222. The monoisotopic (exact) mass is 430 g/mol. The number of allylic oxidation sites excluding steroid dienone is 1. The first kappa shape index (κ1) is 21.8. The van der Waals surface area contributed by atoms with E-state index in [1.54, 1.807) is 12.1 Å². The van der Waals surface area contributed by atoms with E-state index in [4.69, 9.17) is 4.74 Å². The standard InChI is InChI=1S/C27H27FN2O2/c1-29-14-16-30(17-15-29)22-10-12-24(20-6-4-3-5-7-20)25(18-22)27(31)13-9-21-8-11-23(32-2)19-26(21)28/h3-13,18-19H,14-17H2,1-2H3. The van der Waals surface area contributed by atoms with E-state index in [1.807, 2.05) is 42.5 Å². The Morgan fingerprint density at radius 2 is 1.72 bits per heavy atom. The molecule has 0 aromatic heterocycles. The molecule has 0 bridgehead atoms.